The van der Waals surface area contributed by atoms with E-state index in [1.807, 2.05) is 11.3 Å². The van der Waals surface area contributed by atoms with Gasteiger partial charge in [0.1, 0.15) is 0 Å². The topological polar surface area (TPSA) is 18.0 Å². The average molecular weight is 967 g/mol. The van der Waals surface area contributed by atoms with Crippen molar-refractivity contribution in [1.82, 2.24) is 13.7 Å². The van der Waals surface area contributed by atoms with Crippen LogP contribution in [0.2, 0.25) is 0 Å². The molecule has 0 bridgehead atoms. The van der Waals surface area contributed by atoms with Gasteiger partial charge in [0.2, 0.25) is 0 Å². The van der Waals surface area contributed by atoms with Gasteiger partial charge in [0.15, 0.2) is 0 Å². The number of aromatic nitrogens is 3. The first-order valence-electron chi connectivity index (χ1n) is 26.1. The minimum atomic E-state index is -0.0237. The molecule has 0 radical (unpaired) electrons. The first kappa shape index (κ1) is 42.2. The average Bonchev–Trinajstić information content (AvgIpc) is 4.26. The number of hydrogen-bond acceptors (Lipinski definition) is 2. The predicted octanol–water partition coefficient (Wildman–Crippen LogP) is 16.6. The molecule has 0 N–H and O–H groups in total. The van der Waals surface area contributed by atoms with Gasteiger partial charge >= 0.3 is 0 Å². The van der Waals surface area contributed by atoms with E-state index in [0.717, 1.165) is 5.69 Å². The molecular weight excluding hydrogens is 916 g/mol. The fourth-order valence-corrected chi connectivity index (χ4v) is 14.5. The zero-order chi connectivity index (χ0) is 49.5. The Labute approximate surface area is 434 Å². The van der Waals surface area contributed by atoms with Crippen LogP contribution in [0.5, 0.6) is 0 Å². The van der Waals surface area contributed by atoms with Crippen LogP contribution in [-0.4, -0.2) is 20.4 Å². The third-order valence-corrected chi connectivity index (χ3v) is 17.9. The van der Waals surface area contributed by atoms with Gasteiger partial charge in [0, 0.05) is 75.4 Å². The van der Waals surface area contributed by atoms with Crippen molar-refractivity contribution in [2.75, 3.05) is 4.90 Å². The molecule has 352 valence electrons. The lowest BCUT2D eigenvalue weighted by atomic mass is 9.36. The number of thiophene rings is 1. The molecule has 6 heterocycles. The summed E-state index contributed by atoms with van der Waals surface area (Å²) in [4.78, 5) is 2.65. The molecule has 4 nitrogen and oxygen atoms in total. The smallest absolute Gasteiger partial charge is 0.264 e. The highest BCUT2D eigenvalue weighted by molar-refractivity contribution is 7.33. The van der Waals surface area contributed by atoms with E-state index >= 15 is 0 Å². The summed E-state index contributed by atoms with van der Waals surface area (Å²) in [6.45, 7) is 14.0. The molecule has 6 heteroatoms. The molecule has 0 spiro atoms. The fraction of sp³-hybridized carbons (Fsp3) is 0.118. The van der Waals surface area contributed by atoms with Gasteiger partial charge < -0.3 is 18.6 Å². The van der Waals surface area contributed by atoms with Gasteiger partial charge in [-0.15, -0.1) is 11.3 Å². The Balaban J connectivity index is 1.09. The molecule has 0 unspecified atom stereocenters. The lowest BCUT2D eigenvalue weighted by Crippen LogP contribution is -2.59. The predicted molar refractivity (Wildman–Crippen MR) is 319 cm³/mol. The number of anilines is 3. The molecule has 0 saturated carbocycles. The molecule has 0 saturated heterocycles. The van der Waals surface area contributed by atoms with E-state index in [1.54, 1.807) is 0 Å². The number of nitrogens with zero attached hydrogens (tertiary/aromatic N) is 4. The van der Waals surface area contributed by atoms with Crippen molar-refractivity contribution < 1.29 is 0 Å². The minimum absolute atomic E-state index is 0.000585. The minimum Gasteiger partial charge on any atom is -0.310 e. The molecule has 14 aromatic rings. The van der Waals surface area contributed by atoms with Crippen molar-refractivity contribution >= 4 is 137 Å². The normalized spacial score (nSPS) is 13.5. The van der Waals surface area contributed by atoms with Crippen molar-refractivity contribution in [1.29, 1.82) is 0 Å². The van der Waals surface area contributed by atoms with Crippen LogP contribution in [0.25, 0.3) is 103 Å². The zero-order valence-electron chi connectivity index (χ0n) is 42.3. The van der Waals surface area contributed by atoms with Crippen LogP contribution < -0.4 is 20.6 Å². The summed E-state index contributed by atoms with van der Waals surface area (Å²) in [6.07, 6.45) is 0. The van der Waals surface area contributed by atoms with Gasteiger partial charge in [-0.1, -0.05) is 163 Å². The van der Waals surface area contributed by atoms with Crippen LogP contribution in [0.1, 0.15) is 52.7 Å². The Kier molecular flexibility index (Phi) is 8.37. The molecule has 10 aromatic carbocycles. The van der Waals surface area contributed by atoms with Gasteiger partial charge in [-0.3, -0.25) is 0 Å². The summed E-state index contributed by atoms with van der Waals surface area (Å²) in [5.41, 5.74) is 19.9. The van der Waals surface area contributed by atoms with E-state index in [2.05, 4.69) is 260 Å². The van der Waals surface area contributed by atoms with Gasteiger partial charge in [-0.25, -0.2) is 0 Å². The number of fused-ring (bicyclic) bond motifs is 17. The third-order valence-electron chi connectivity index (χ3n) is 16.7. The standard InChI is InChI=1S/C68H51BN4S/c1-67(2,3)41-28-31-44(32-29-41)72-59-36-45(71-55-26-15-13-22-49(55)62-46-20-11-10-17-40(46)27-33-56(62)71)37-60-63(59)69(66-65(72)52-35-42(68(4,5)6)30-34-61(52)74-66)53-24-16-23-48-51-39-57-50(38-58(51)73(60)64(48)53)47-21-12-14-25-54(47)70(57)43-18-8-7-9-19-43/h7-39H,1-6H3. The maximum Gasteiger partial charge on any atom is 0.264 e. The molecule has 0 amide bonds. The lowest BCUT2D eigenvalue weighted by molar-refractivity contribution is 0.590. The molecule has 4 aromatic heterocycles. The summed E-state index contributed by atoms with van der Waals surface area (Å²) in [5.74, 6) is 0. The van der Waals surface area contributed by atoms with Crippen molar-refractivity contribution in [2.24, 2.45) is 0 Å². The quantitative estimate of drug-likeness (QED) is 0.161. The summed E-state index contributed by atoms with van der Waals surface area (Å²) in [7, 11) is 0. The molecule has 74 heavy (non-hydrogen) atoms. The molecule has 0 aliphatic carbocycles. The Bertz CT molecular complexity index is 4740. The number of hydrogen-bond donors (Lipinski definition) is 0. The van der Waals surface area contributed by atoms with Gasteiger partial charge in [0.05, 0.1) is 39.0 Å². The number of benzene rings is 10. The number of para-hydroxylation sites is 4. The second-order valence-corrected chi connectivity index (χ2v) is 24.0. The van der Waals surface area contributed by atoms with Crippen LogP contribution >= 0.6 is 11.3 Å². The van der Waals surface area contributed by atoms with Gasteiger partial charge in [0.25, 0.3) is 6.71 Å². The Morgan fingerprint density at radius 1 is 0.392 bits per heavy atom. The van der Waals surface area contributed by atoms with E-state index in [9.17, 15) is 0 Å². The van der Waals surface area contributed by atoms with E-state index < -0.39 is 0 Å². The Morgan fingerprint density at radius 3 is 1.78 bits per heavy atom. The highest BCUT2D eigenvalue weighted by Gasteiger charge is 2.45. The van der Waals surface area contributed by atoms with Crippen LogP contribution in [0.15, 0.2) is 200 Å². The highest BCUT2D eigenvalue weighted by atomic mass is 32.1. The Morgan fingerprint density at radius 2 is 1.01 bits per heavy atom. The van der Waals surface area contributed by atoms with Crippen molar-refractivity contribution in [3.8, 4) is 17.1 Å². The summed E-state index contributed by atoms with van der Waals surface area (Å²) < 4.78 is 10.4. The first-order chi connectivity index (χ1) is 36.0. The molecule has 2 aliphatic heterocycles. The van der Waals surface area contributed by atoms with Crippen molar-refractivity contribution in [3.63, 3.8) is 0 Å². The van der Waals surface area contributed by atoms with E-state index in [-0.39, 0.29) is 17.5 Å². The van der Waals surface area contributed by atoms with Gasteiger partial charge in [-0.2, -0.15) is 0 Å². The lowest BCUT2D eigenvalue weighted by Gasteiger charge is -2.39. The first-order valence-corrected chi connectivity index (χ1v) is 26.9. The summed E-state index contributed by atoms with van der Waals surface area (Å²) in [6, 6.07) is 76.3. The van der Waals surface area contributed by atoms with Gasteiger partial charge in [-0.05, 0) is 123 Å². The SMILES string of the molecule is CC(C)(C)c1ccc(N2c3cc(-n4c5ccccc5c5c6ccccc6ccc54)cc4c3B(c3sc5ccc(C(C)(C)C)cc5c32)c2cccc3c5cc6c(cc5n-4c23)c2ccccc2n6-c2ccccc2)cc1. The maximum absolute atomic E-state index is 2.66. The Hall–Kier alpha value is -8.32. The van der Waals surface area contributed by atoms with Crippen LogP contribution in [0.3, 0.4) is 0 Å². The maximum atomic E-state index is 2.66. The van der Waals surface area contributed by atoms with E-state index in [0.29, 0.717) is 0 Å². The van der Waals surface area contributed by atoms with Crippen LogP contribution in [0, 0.1) is 0 Å². The largest absolute Gasteiger partial charge is 0.310 e. The zero-order valence-corrected chi connectivity index (χ0v) is 43.1. The molecular formula is C68H51BN4S. The second-order valence-electron chi connectivity index (χ2n) is 22.9. The molecule has 0 atom stereocenters. The molecule has 0 fully saturated rings. The second kappa shape index (κ2) is 14.7. The molecule has 2 aliphatic rings. The summed E-state index contributed by atoms with van der Waals surface area (Å²) in [5, 5.41) is 11.4. The summed E-state index contributed by atoms with van der Waals surface area (Å²) >= 11 is 1.98. The monoisotopic (exact) mass is 966 g/mol. The fourth-order valence-electron chi connectivity index (χ4n) is 13.2. The van der Waals surface area contributed by atoms with Crippen LogP contribution in [0.4, 0.5) is 17.1 Å². The molecule has 16 rings (SSSR count). The highest BCUT2D eigenvalue weighted by Crippen LogP contribution is 2.49. The van der Waals surface area contributed by atoms with E-state index in [4.69, 9.17) is 0 Å². The third kappa shape index (κ3) is 5.64. The van der Waals surface area contributed by atoms with Crippen LogP contribution in [-0.2, 0) is 10.8 Å². The van der Waals surface area contributed by atoms with Crippen molar-refractivity contribution in [3.05, 3.63) is 211 Å². The van der Waals surface area contributed by atoms with E-state index in [1.165, 1.54) is 142 Å². The van der Waals surface area contributed by atoms with Crippen molar-refractivity contribution in [2.45, 2.75) is 52.4 Å². The number of rotatable bonds is 3.